The van der Waals surface area contributed by atoms with Crippen LogP contribution in [-0.4, -0.2) is 54.5 Å². The van der Waals surface area contributed by atoms with Gasteiger partial charge in [-0.05, 0) is 37.5 Å². The molecule has 1 aromatic heterocycles. The van der Waals surface area contributed by atoms with E-state index in [1.807, 2.05) is 0 Å². The first-order valence-electron chi connectivity index (χ1n) is 9.25. The molecule has 1 unspecified atom stereocenters. The molecule has 2 heterocycles. The van der Waals surface area contributed by atoms with E-state index >= 15 is 0 Å². The van der Waals surface area contributed by atoms with E-state index in [0.29, 0.717) is 47.0 Å². The monoisotopic (exact) mass is 456 g/mol. The molecule has 0 spiro atoms. The number of nitrogens with one attached hydrogen (secondary N) is 2. The van der Waals surface area contributed by atoms with Crippen LogP contribution in [0.5, 0.6) is 0 Å². The number of hydrogen-bond acceptors (Lipinski definition) is 6. The van der Waals surface area contributed by atoms with Crippen LogP contribution in [0, 0.1) is 0 Å². The van der Waals surface area contributed by atoms with E-state index in [-0.39, 0.29) is 11.8 Å². The van der Waals surface area contributed by atoms with Crippen LogP contribution in [0.2, 0.25) is 10.0 Å². The topological polar surface area (TPSA) is 83.6 Å². The maximum Gasteiger partial charge on any atom is 0.274 e. The lowest BCUT2D eigenvalue weighted by atomic mass is 10.0. The highest BCUT2D eigenvalue weighted by Crippen LogP contribution is 2.29. The van der Waals surface area contributed by atoms with Crippen LogP contribution in [0.15, 0.2) is 23.6 Å². The summed E-state index contributed by atoms with van der Waals surface area (Å²) in [6.45, 7) is 1.39. The van der Waals surface area contributed by atoms with Gasteiger partial charge in [-0.1, -0.05) is 23.2 Å². The molecule has 1 atom stereocenters. The minimum absolute atomic E-state index is 0.153. The maximum atomic E-state index is 13.0. The molecule has 0 bridgehead atoms. The summed E-state index contributed by atoms with van der Waals surface area (Å²) in [7, 11) is 1.58. The van der Waals surface area contributed by atoms with Crippen molar-refractivity contribution in [2.75, 3.05) is 32.1 Å². The van der Waals surface area contributed by atoms with Gasteiger partial charge in [0.1, 0.15) is 11.7 Å². The molecule has 1 aromatic carbocycles. The third kappa shape index (κ3) is 5.60. The van der Waals surface area contributed by atoms with Crippen LogP contribution in [-0.2, 0) is 9.53 Å². The minimum atomic E-state index is -0.485. The summed E-state index contributed by atoms with van der Waals surface area (Å²) in [6.07, 6.45) is 2.42. The van der Waals surface area contributed by atoms with Gasteiger partial charge < -0.3 is 20.3 Å². The minimum Gasteiger partial charge on any atom is -0.383 e. The van der Waals surface area contributed by atoms with Crippen molar-refractivity contribution < 1.29 is 14.3 Å². The molecular formula is C19H22Cl2N4O3S. The number of anilines is 2. The molecule has 1 saturated heterocycles. The summed E-state index contributed by atoms with van der Waals surface area (Å²) >= 11 is 13.3. The SMILES string of the molecule is COCCNC(=O)C1CCCCN1C(=O)c1csc(Nc2ccc(Cl)c(Cl)c2)n1. The summed E-state index contributed by atoms with van der Waals surface area (Å²) in [5, 5.41) is 9.09. The van der Waals surface area contributed by atoms with Gasteiger partial charge in [-0.2, -0.15) is 0 Å². The van der Waals surface area contributed by atoms with E-state index in [0.717, 1.165) is 18.5 Å². The van der Waals surface area contributed by atoms with E-state index in [2.05, 4.69) is 15.6 Å². The Bertz CT molecular complexity index is 877. The Kier molecular flexibility index (Phi) is 7.71. The fourth-order valence-corrected chi connectivity index (χ4v) is 4.12. The molecule has 156 valence electrons. The number of piperidine rings is 1. The normalized spacial score (nSPS) is 16.5. The number of nitrogens with zero attached hydrogens (tertiary/aromatic N) is 2. The summed E-state index contributed by atoms with van der Waals surface area (Å²) in [4.78, 5) is 31.5. The zero-order chi connectivity index (χ0) is 20.8. The average Bonchev–Trinajstić information content (AvgIpc) is 3.19. The number of amides is 2. The molecule has 10 heteroatoms. The Morgan fingerprint density at radius 2 is 2.14 bits per heavy atom. The number of aromatic nitrogens is 1. The summed E-state index contributed by atoms with van der Waals surface area (Å²) in [5.74, 6) is -0.394. The molecule has 7 nitrogen and oxygen atoms in total. The standard InChI is InChI=1S/C19H22Cl2N4O3S/c1-28-9-7-22-17(26)16-4-2-3-8-25(16)18(27)15-11-29-19(24-15)23-12-5-6-13(20)14(21)10-12/h5-6,10-11,16H,2-4,7-9H2,1H3,(H,22,26)(H,23,24). The summed E-state index contributed by atoms with van der Waals surface area (Å²) in [5.41, 5.74) is 1.04. The summed E-state index contributed by atoms with van der Waals surface area (Å²) in [6, 6.07) is 4.67. The number of rotatable bonds is 7. The molecular weight excluding hydrogens is 435 g/mol. The largest absolute Gasteiger partial charge is 0.383 e. The first kappa shape index (κ1) is 21.8. The molecule has 0 radical (unpaired) electrons. The number of hydrogen-bond donors (Lipinski definition) is 2. The van der Waals surface area contributed by atoms with Gasteiger partial charge in [0, 0.05) is 31.3 Å². The van der Waals surface area contributed by atoms with E-state index in [4.69, 9.17) is 27.9 Å². The number of thiazole rings is 1. The number of likely N-dealkylation sites (tertiary alicyclic amines) is 1. The van der Waals surface area contributed by atoms with Crippen molar-refractivity contribution >= 4 is 57.2 Å². The quantitative estimate of drug-likeness (QED) is 0.616. The molecule has 1 aliphatic heterocycles. The lowest BCUT2D eigenvalue weighted by Gasteiger charge is -2.34. The number of benzene rings is 1. The molecule has 0 saturated carbocycles. The predicted molar refractivity (Wildman–Crippen MR) is 115 cm³/mol. The molecule has 3 rings (SSSR count). The van der Waals surface area contributed by atoms with Crippen molar-refractivity contribution in [1.82, 2.24) is 15.2 Å². The predicted octanol–water partition coefficient (Wildman–Crippen LogP) is 3.95. The van der Waals surface area contributed by atoms with Crippen molar-refractivity contribution in [3.05, 3.63) is 39.3 Å². The average molecular weight is 457 g/mol. The lowest BCUT2D eigenvalue weighted by molar-refractivity contribution is -0.126. The highest BCUT2D eigenvalue weighted by molar-refractivity contribution is 7.14. The van der Waals surface area contributed by atoms with Gasteiger partial charge in [-0.3, -0.25) is 9.59 Å². The Labute approximate surface area is 183 Å². The van der Waals surface area contributed by atoms with Crippen LogP contribution < -0.4 is 10.6 Å². The fourth-order valence-electron chi connectivity index (χ4n) is 3.12. The fraction of sp³-hybridized carbons (Fsp3) is 0.421. The van der Waals surface area contributed by atoms with E-state index in [1.54, 1.807) is 35.6 Å². The van der Waals surface area contributed by atoms with E-state index in [1.165, 1.54) is 11.3 Å². The van der Waals surface area contributed by atoms with Crippen molar-refractivity contribution in [3.8, 4) is 0 Å². The number of halogens is 2. The molecule has 2 amide bonds. The van der Waals surface area contributed by atoms with Gasteiger partial charge in [-0.15, -0.1) is 11.3 Å². The Morgan fingerprint density at radius 3 is 2.90 bits per heavy atom. The first-order chi connectivity index (χ1) is 14.0. The number of ether oxygens (including phenoxy) is 1. The number of carbonyl (C=O) groups is 2. The molecule has 2 N–H and O–H groups in total. The van der Waals surface area contributed by atoms with E-state index in [9.17, 15) is 9.59 Å². The second-order valence-electron chi connectivity index (χ2n) is 6.59. The van der Waals surface area contributed by atoms with Crippen LogP contribution >= 0.6 is 34.5 Å². The smallest absolute Gasteiger partial charge is 0.274 e. The van der Waals surface area contributed by atoms with E-state index < -0.39 is 6.04 Å². The van der Waals surface area contributed by atoms with Crippen molar-refractivity contribution in [1.29, 1.82) is 0 Å². The Balaban J connectivity index is 1.68. The van der Waals surface area contributed by atoms with Gasteiger partial charge in [0.05, 0.1) is 16.7 Å². The van der Waals surface area contributed by atoms with Crippen LogP contribution in [0.4, 0.5) is 10.8 Å². The zero-order valence-corrected chi connectivity index (χ0v) is 18.2. The molecule has 1 fully saturated rings. The first-order valence-corrected chi connectivity index (χ1v) is 10.9. The van der Waals surface area contributed by atoms with Gasteiger partial charge >= 0.3 is 0 Å². The third-order valence-corrected chi connectivity index (χ3v) is 6.06. The second-order valence-corrected chi connectivity index (χ2v) is 8.26. The van der Waals surface area contributed by atoms with Gasteiger partial charge in [0.15, 0.2) is 5.13 Å². The van der Waals surface area contributed by atoms with Crippen LogP contribution in [0.25, 0.3) is 0 Å². The van der Waals surface area contributed by atoms with Crippen molar-refractivity contribution in [2.24, 2.45) is 0 Å². The lowest BCUT2D eigenvalue weighted by Crippen LogP contribution is -2.52. The highest BCUT2D eigenvalue weighted by Gasteiger charge is 2.33. The Morgan fingerprint density at radius 1 is 1.31 bits per heavy atom. The van der Waals surface area contributed by atoms with Gasteiger partial charge in [0.2, 0.25) is 5.91 Å². The third-order valence-electron chi connectivity index (χ3n) is 4.57. The highest BCUT2D eigenvalue weighted by atomic mass is 35.5. The Hall–Kier alpha value is -1.87. The molecule has 0 aliphatic carbocycles. The van der Waals surface area contributed by atoms with Crippen LogP contribution in [0.3, 0.4) is 0 Å². The number of carbonyl (C=O) groups excluding carboxylic acids is 2. The molecule has 1 aliphatic rings. The molecule has 29 heavy (non-hydrogen) atoms. The second kappa shape index (κ2) is 10.2. The van der Waals surface area contributed by atoms with Crippen molar-refractivity contribution in [2.45, 2.75) is 25.3 Å². The van der Waals surface area contributed by atoms with Crippen LogP contribution in [0.1, 0.15) is 29.8 Å². The molecule has 2 aromatic rings. The maximum absolute atomic E-state index is 13.0. The van der Waals surface area contributed by atoms with Gasteiger partial charge in [0.25, 0.3) is 5.91 Å². The zero-order valence-electron chi connectivity index (χ0n) is 15.9. The number of methoxy groups -OCH3 is 1. The van der Waals surface area contributed by atoms with Gasteiger partial charge in [-0.25, -0.2) is 4.98 Å². The summed E-state index contributed by atoms with van der Waals surface area (Å²) < 4.78 is 4.96. The van der Waals surface area contributed by atoms with Crippen molar-refractivity contribution in [3.63, 3.8) is 0 Å².